The van der Waals surface area contributed by atoms with Crippen molar-refractivity contribution < 1.29 is 9.90 Å². The Morgan fingerprint density at radius 3 is 2.75 bits per heavy atom. The molecule has 0 amide bonds. The van der Waals surface area contributed by atoms with E-state index in [0.717, 1.165) is 11.3 Å². The molecule has 0 aliphatic heterocycles. The van der Waals surface area contributed by atoms with Crippen molar-refractivity contribution in [3.63, 3.8) is 0 Å². The second kappa shape index (κ2) is 5.31. The number of pyridine rings is 1. The van der Waals surface area contributed by atoms with Gasteiger partial charge in [0.2, 0.25) is 0 Å². The van der Waals surface area contributed by atoms with Crippen LogP contribution in [-0.4, -0.2) is 30.4 Å². The van der Waals surface area contributed by atoms with Gasteiger partial charge in [-0.25, -0.2) is 14.8 Å². The number of anilines is 2. The summed E-state index contributed by atoms with van der Waals surface area (Å²) < 4.78 is 1.69. The second-order valence-electron chi connectivity index (χ2n) is 5.43. The minimum absolute atomic E-state index is 0.0529. The van der Waals surface area contributed by atoms with E-state index in [1.807, 2.05) is 31.2 Å². The molecule has 2 N–H and O–H groups in total. The van der Waals surface area contributed by atoms with E-state index in [4.69, 9.17) is 0 Å². The molecule has 0 saturated carbocycles. The van der Waals surface area contributed by atoms with Crippen molar-refractivity contribution in [1.29, 1.82) is 0 Å². The zero-order chi connectivity index (χ0) is 16.7. The van der Waals surface area contributed by atoms with Crippen LogP contribution >= 0.6 is 0 Å². The number of carboxylic acids is 1. The molecule has 0 saturated heterocycles. The van der Waals surface area contributed by atoms with E-state index in [1.54, 1.807) is 22.9 Å². The number of hydrogen-bond acceptors (Lipinski definition) is 5. The number of rotatable bonds is 3. The number of benzene rings is 1. The Balaban J connectivity index is 1.98. The smallest absolute Gasteiger partial charge is 0.356 e. The topological polar surface area (TPSA) is 92.4 Å². The van der Waals surface area contributed by atoms with Gasteiger partial charge in [-0.05, 0) is 25.1 Å². The molecule has 0 unspecified atom stereocenters. The van der Waals surface area contributed by atoms with Crippen molar-refractivity contribution in [2.24, 2.45) is 0 Å². The average Bonchev–Trinajstić information content (AvgIpc) is 3.03. The molecule has 1 aromatic carbocycles. The number of carbonyl (C=O) groups is 1. The van der Waals surface area contributed by atoms with Crippen LogP contribution in [0.25, 0.3) is 16.6 Å². The van der Waals surface area contributed by atoms with Crippen LogP contribution in [0.1, 0.15) is 16.1 Å². The molecule has 0 bridgehead atoms. The van der Waals surface area contributed by atoms with E-state index in [-0.39, 0.29) is 5.69 Å². The Bertz CT molecular complexity index is 1070. The summed E-state index contributed by atoms with van der Waals surface area (Å²) >= 11 is 0. The van der Waals surface area contributed by atoms with Crippen molar-refractivity contribution in [1.82, 2.24) is 19.4 Å². The molecule has 118 valence electrons. The van der Waals surface area contributed by atoms with Gasteiger partial charge in [0, 0.05) is 11.9 Å². The van der Waals surface area contributed by atoms with E-state index >= 15 is 0 Å². The molecule has 7 nitrogen and oxygen atoms in total. The van der Waals surface area contributed by atoms with E-state index < -0.39 is 5.97 Å². The normalized spacial score (nSPS) is 11.0. The number of fused-ring (bicyclic) bond motifs is 3. The van der Waals surface area contributed by atoms with Crippen molar-refractivity contribution in [3.05, 3.63) is 60.3 Å². The third-order valence-electron chi connectivity index (χ3n) is 3.78. The Kier molecular flexibility index (Phi) is 3.13. The molecular formula is C17H13N5O2. The molecule has 0 spiro atoms. The van der Waals surface area contributed by atoms with Crippen LogP contribution in [0.3, 0.4) is 0 Å². The number of nitrogens with zero attached hydrogens (tertiary/aromatic N) is 4. The van der Waals surface area contributed by atoms with E-state index in [2.05, 4.69) is 20.3 Å². The van der Waals surface area contributed by atoms with E-state index in [1.165, 1.54) is 6.33 Å². The highest BCUT2D eigenvalue weighted by Gasteiger charge is 2.19. The summed E-state index contributed by atoms with van der Waals surface area (Å²) in [6.45, 7) is 2.00. The summed E-state index contributed by atoms with van der Waals surface area (Å²) in [5.74, 6) is -0.665. The Labute approximate surface area is 136 Å². The molecule has 24 heavy (non-hydrogen) atoms. The van der Waals surface area contributed by atoms with Crippen LogP contribution in [0.15, 0.2) is 49.1 Å². The fraction of sp³-hybridized carbons (Fsp3) is 0.0588. The summed E-state index contributed by atoms with van der Waals surface area (Å²) in [5.41, 5.74) is 3.70. The minimum Gasteiger partial charge on any atom is -0.476 e. The average molecular weight is 319 g/mol. The maximum absolute atomic E-state index is 11.5. The molecule has 4 rings (SSSR count). The van der Waals surface area contributed by atoms with E-state index in [0.29, 0.717) is 22.4 Å². The third kappa shape index (κ3) is 2.23. The van der Waals surface area contributed by atoms with Gasteiger partial charge < -0.3 is 10.4 Å². The molecular weight excluding hydrogens is 306 g/mol. The highest BCUT2D eigenvalue weighted by molar-refractivity contribution is 6.00. The Hall–Kier alpha value is -3.48. The first-order valence-electron chi connectivity index (χ1n) is 7.31. The summed E-state index contributed by atoms with van der Waals surface area (Å²) in [6.07, 6.45) is 4.76. The van der Waals surface area contributed by atoms with Crippen LogP contribution in [0, 0.1) is 6.92 Å². The number of aromatic carboxylic acids is 1. The van der Waals surface area contributed by atoms with Gasteiger partial charge in [0.1, 0.15) is 11.8 Å². The largest absolute Gasteiger partial charge is 0.476 e. The first kappa shape index (κ1) is 14.1. The lowest BCUT2D eigenvalue weighted by molar-refractivity contribution is 0.0693. The number of nitrogens with one attached hydrogen (secondary N) is 1. The summed E-state index contributed by atoms with van der Waals surface area (Å²) in [7, 11) is 0. The number of aryl methyl sites for hydroxylation is 1. The van der Waals surface area contributed by atoms with Gasteiger partial charge in [-0.2, -0.15) is 0 Å². The zero-order valence-electron chi connectivity index (χ0n) is 12.8. The fourth-order valence-corrected chi connectivity index (χ4v) is 2.61. The van der Waals surface area contributed by atoms with Crippen LogP contribution in [0.4, 0.5) is 11.5 Å². The summed E-state index contributed by atoms with van der Waals surface area (Å²) in [5, 5.41) is 12.6. The molecule has 0 aliphatic rings. The number of hydrogen-bond donors (Lipinski definition) is 2. The van der Waals surface area contributed by atoms with Crippen LogP contribution in [0.2, 0.25) is 0 Å². The molecule has 0 aliphatic carbocycles. The Morgan fingerprint density at radius 1 is 1.21 bits per heavy atom. The highest BCUT2D eigenvalue weighted by atomic mass is 16.4. The van der Waals surface area contributed by atoms with E-state index in [9.17, 15) is 9.90 Å². The molecule has 4 aromatic rings. The van der Waals surface area contributed by atoms with Gasteiger partial charge in [-0.1, -0.05) is 17.7 Å². The lowest BCUT2D eigenvalue weighted by Gasteiger charge is -2.10. The zero-order valence-corrected chi connectivity index (χ0v) is 12.8. The monoisotopic (exact) mass is 319 g/mol. The van der Waals surface area contributed by atoms with Gasteiger partial charge in [-0.15, -0.1) is 0 Å². The third-order valence-corrected chi connectivity index (χ3v) is 3.78. The van der Waals surface area contributed by atoms with Gasteiger partial charge in [0.15, 0.2) is 11.5 Å². The van der Waals surface area contributed by atoms with Gasteiger partial charge in [0.05, 0.1) is 17.2 Å². The first-order chi connectivity index (χ1) is 11.6. The standard InChI is InChI=1S/C17H13N5O2/c1-10-2-4-11(5-3-10)20-16-15-14(17(23)24)19-9-22(15)13-8-18-7-6-12(13)21-16/h2-9H,1H3,(H,20,21)(H,23,24). The minimum atomic E-state index is -1.10. The maximum atomic E-state index is 11.5. The molecule has 3 heterocycles. The summed E-state index contributed by atoms with van der Waals surface area (Å²) in [6, 6.07) is 9.55. The van der Waals surface area contributed by atoms with Gasteiger partial charge >= 0.3 is 5.97 Å². The fourth-order valence-electron chi connectivity index (χ4n) is 2.61. The van der Waals surface area contributed by atoms with Crippen molar-refractivity contribution >= 4 is 34.0 Å². The van der Waals surface area contributed by atoms with Gasteiger partial charge in [-0.3, -0.25) is 9.38 Å². The van der Waals surface area contributed by atoms with Crippen LogP contribution < -0.4 is 5.32 Å². The summed E-state index contributed by atoms with van der Waals surface area (Å²) in [4.78, 5) is 24.2. The molecule has 0 fully saturated rings. The lowest BCUT2D eigenvalue weighted by Crippen LogP contribution is -2.04. The number of carboxylic acid groups (broad SMARTS) is 1. The Morgan fingerprint density at radius 2 is 2.00 bits per heavy atom. The maximum Gasteiger partial charge on any atom is 0.356 e. The quantitative estimate of drug-likeness (QED) is 0.603. The van der Waals surface area contributed by atoms with Gasteiger partial charge in [0.25, 0.3) is 0 Å². The van der Waals surface area contributed by atoms with Crippen molar-refractivity contribution in [3.8, 4) is 0 Å². The molecule has 3 aromatic heterocycles. The number of imidazole rings is 1. The predicted octanol–water partition coefficient (Wildman–Crippen LogP) is 3.03. The first-order valence-corrected chi connectivity index (χ1v) is 7.31. The predicted molar refractivity (Wildman–Crippen MR) is 89.7 cm³/mol. The SMILES string of the molecule is Cc1ccc(Nc2nc3ccncc3n3cnc(C(=O)O)c23)cc1. The molecule has 0 radical (unpaired) electrons. The van der Waals surface area contributed by atoms with Crippen LogP contribution in [0.5, 0.6) is 0 Å². The van der Waals surface area contributed by atoms with Crippen LogP contribution in [-0.2, 0) is 0 Å². The highest BCUT2D eigenvalue weighted by Crippen LogP contribution is 2.26. The lowest BCUT2D eigenvalue weighted by atomic mass is 10.2. The molecule has 0 atom stereocenters. The van der Waals surface area contributed by atoms with Crippen molar-refractivity contribution in [2.75, 3.05) is 5.32 Å². The number of aromatic nitrogens is 4. The second-order valence-corrected chi connectivity index (χ2v) is 5.43. The van der Waals surface area contributed by atoms with Crippen molar-refractivity contribution in [2.45, 2.75) is 6.92 Å². The molecule has 7 heteroatoms.